The van der Waals surface area contributed by atoms with Crippen molar-refractivity contribution in [1.82, 2.24) is 0 Å². The Morgan fingerprint density at radius 1 is 1.36 bits per heavy atom. The lowest BCUT2D eigenvalue weighted by molar-refractivity contribution is -0.477. The van der Waals surface area contributed by atoms with E-state index in [-0.39, 0.29) is 11.6 Å². The fraction of sp³-hybridized carbons (Fsp3) is 0.286. The number of allylic oxidation sites excluding steroid dienone is 1. The van der Waals surface area contributed by atoms with E-state index in [0.717, 1.165) is 6.21 Å². The molecule has 0 aromatic carbocycles. The lowest BCUT2D eigenvalue weighted by atomic mass is 10.0. The Labute approximate surface area is 62.4 Å². The van der Waals surface area contributed by atoms with Gasteiger partial charge in [0, 0.05) is 0 Å². The van der Waals surface area contributed by atoms with Crippen molar-refractivity contribution < 1.29 is 14.3 Å². The van der Waals surface area contributed by atoms with Gasteiger partial charge in [0.15, 0.2) is 17.7 Å². The number of hydrogen-bond acceptors (Lipinski definition) is 3. The standard InChI is InChI=1S/C7H5NO3/c9-5-2-1-4-7(5)6(10)3-8(4)11/h1-4,7H. The zero-order valence-electron chi connectivity index (χ0n) is 5.56. The summed E-state index contributed by atoms with van der Waals surface area (Å²) < 4.78 is 0.536. The van der Waals surface area contributed by atoms with Crippen molar-refractivity contribution >= 4 is 17.8 Å². The van der Waals surface area contributed by atoms with Gasteiger partial charge >= 0.3 is 0 Å². The van der Waals surface area contributed by atoms with Crippen LogP contribution in [0.15, 0.2) is 12.2 Å². The summed E-state index contributed by atoms with van der Waals surface area (Å²) in [7, 11) is 0. The Morgan fingerprint density at radius 2 is 2.09 bits per heavy atom. The second-order valence-corrected chi connectivity index (χ2v) is 2.62. The van der Waals surface area contributed by atoms with Crippen molar-refractivity contribution in [2.75, 3.05) is 0 Å². The molecule has 56 valence electrons. The molecule has 1 heterocycles. The van der Waals surface area contributed by atoms with E-state index >= 15 is 0 Å². The number of fused-ring (bicyclic) bond motifs is 1. The van der Waals surface area contributed by atoms with Crippen molar-refractivity contribution in [2.24, 2.45) is 5.92 Å². The van der Waals surface area contributed by atoms with E-state index < -0.39 is 12.0 Å². The summed E-state index contributed by atoms with van der Waals surface area (Å²) in [5.74, 6) is -1.37. The molecule has 0 N–H and O–H groups in total. The fourth-order valence-corrected chi connectivity index (χ4v) is 1.41. The number of carbonyl (C=O) groups is 2. The normalized spacial score (nSPS) is 34.4. The molecule has 0 bridgehead atoms. The first kappa shape index (κ1) is 6.27. The molecular weight excluding hydrogens is 146 g/mol. The highest BCUT2D eigenvalue weighted by atomic mass is 16.5. The van der Waals surface area contributed by atoms with Crippen LogP contribution in [0.1, 0.15) is 0 Å². The van der Waals surface area contributed by atoms with Crippen LogP contribution in [0.4, 0.5) is 0 Å². The van der Waals surface area contributed by atoms with Crippen LogP contribution in [0.25, 0.3) is 0 Å². The first-order chi connectivity index (χ1) is 5.20. The molecular formula is C7H5NO3. The van der Waals surface area contributed by atoms with E-state index in [1.807, 2.05) is 0 Å². The van der Waals surface area contributed by atoms with Gasteiger partial charge in [0.25, 0.3) is 0 Å². The quantitative estimate of drug-likeness (QED) is 0.260. The molecule has 0 aromatic heterocycles. The molecule has 4 nitrogen and oxygen atoms in total. The average molecular weight is 151 g/mol. The summed E-state index contributed by atoms with van der Waals surface area (Å²) in [6.07, 6.45) is 3.71. The van der Waals surface area contributed by atoms with Gasteiger partial charge in [-0.15, -0.1) is 0 Å². The van der Waals surface area contributed by atoms with Crippen LogP contribution in [0, 0.1) is 11.1 Å². The zero-order valence-corrected chi connectivity index (χ0v) is 5.56. The predicted molar refractivity (Wildman–Crippen MR) is 36.1 cm³/mol. The Balaban J connectivity index is 2.43. The Morgan fingerprint density at radius 3 is 2.73 bits per heavy atom. The smallest absolute Gasteiger partial charge is 0.237 e. The molecule has 2 atom stereocenters. The minimum Gasteiger partial charge on any atom is -0.623 e. The van der Waals surface area contributed by atoms with E-state index in [4.69, 9.17) is 0 Å². The summed E-state index contributed by atoms with van der Waals surface area (Å²) in [6.45, 7) is 0. The monoisotopic (exact) mass is 151 g/mol. The first-order valence-corrected chi connectivity index (χ1v) is 3.26. The Bertz CT molecular complexity index is 303. The van der Waals surface area contributed by atoms with Gasteiger partial charge in [-0.3, -0.25) is 9.59 Å². The number of carbonyl (C=O) groups excluding carboxylic acids is 2. The first-order valence-electron chi connectivity index (χ1n) is 3.26. The number of nitrogens with zero attached hydrogens (tertiary/aromatic N) is 1. The van der Waals surface area contributed by atoms with Crippen LogP contribution in [0.5, 0.6) is 0 Å². The topological polar surface area (TPSA) is 60.2 Å². The molecule has 0 fully saturated rings. The molecule has 0 radical (unpaired) electrons. The minimum atomic E-state index is -0.743. The largest absolute Gasteiger partial charge is 0.623 e. The summed E-state index contributed by atoms with van der Waals surface area (Å²) >= 11 is 0. The van der Waals surface area contributed by atoms with Gasteiger partial charge in [0.05, 0.1) is 0 Å². The maximum absolute atomic E-state index is 10.9. The zero-order chi connectivity index (χ0) is 8.01. The molecule has 0 spiro atoms. The summed E-state index contributed by atoms with van der Waals surface area (Å²) in [6, 6.07) is -0.560. The number of hydrogen-bond donors (Lipinski definition) is 0. The molecule has 0 amide bonds. The maximum atomic E-state index is 10.9. The van der Waals surface area contributed by atoms with Crippen molar-refractivity contribution in [3.8, 4) is 0 Å². The summed E-state index contributed by atoms with van der Waals surface area (Å²) in [5.41, 5.74) is 0. The molecule has 11 heavy (non-hydrogen) atoms. The van der Waals surface area contributed by atoms with Gasteiger partial charge in [-0.25, -0.2) is 4.74 Å². The maximum Gasteiger partial charge on any atom is 0.237 e. The highest BCUT2D eigenvalue weighted by Crippen LogP contribution is 2.22. The van der Waals surface area contributed by atoms with Gasteiger partial charge in [0.1, 0.15) is 0 Å². The van der Waals surface area contributed by atoms with Gasteiger partial charge < -0.3 is 5.21 Å². The van der Waals surface area contributed by atoms with Crippen molar-refractivity contribution in [3.63, 3.8) is 0 Å². The number of Topliss-reactive ketones (excluding diaryl/α,β-unsaturated/α-hetero) is 1. The highest BCUT2D eigenvalue weighted by molar-refractivity contribution is 6.35. The second-order valence-electron chi connectivity index (χ2n) is 2.62. The van der Waals surface area contributed by atoms with E-state index in [1.165, 1.54) is 12.2 Å². The van der Waals surface area contributed by atoms with Crippen LogP contribution < -0.4 is 0 Å². The molecule has 4 heteroatoms. The third-order valence-corrected chi connectivity index (χ3v) is 1.96. The molecule has 0 saturated heterocycles. The van der Waals surface area contributed by atoms with Crippen LogP contribution in [0.3, 0.4) is 0 Å². The van der Waals surface area contributed by atoms with E-state index in [1.54, 1.807) is 0 Å². The van der Waals surface area contributed by atoms with E-state index in [9.17, 15) is 14.8 Å². The number of ketones is 2. The van der Waals surface area contributed by atoms with Gasteiger partial charge in [-0.1, -0.05) is 0 Å². The number of rotatable bonds is 0. The van der Waals surface area contributed by atoms with E-state index in [2.05, 4.69) is 0 Å². The van der Waals surface area contributed by atoms with Crippen LogP contribution >= 0.6 is 0 Å². The van der Waals surface area contributed by atoms with Crippen molar-refractivity contribution in [1.29, 1.82) is 0 Å². The molecule has 0 aromatic rings. The van der Waals surface area contributed by atoms with Crippen molar-refractivity contribution in [3.05, 3.63) is 17.4 Å². The van der Waals surface area contributed by atoms with Gasteiger partial charge in [-0.05, 0) is 12.2 Å². The third kappa shape index (κ3) is 0.661. The van der Waals surface area contributed by atoms with E-state index in [0.29, 0.717) is 4.74 Å². The Hall–Kier alpha value is -1.45. The average Bonchev–Trinajstić information content (AvgIpc) is 2.41. The van der Waals surface area contributed by atoms with Gasteiger partial charge in [-0.2, -0.15) is 0 Å². The molecule has 2 unspecified atom stereocenters. The molecule has 2 aliphatic rings. The molecule has 2 rings (SSSR count). The summed E-state index contributed by atoms with van der Waals surface area (Å²) in [4.78, 5) is 21.8. The number of hydroxylamine groups is 1. The lowest BCUT2D eigenvalue weighted by Gasteiger charge is -2.05. The fourth-order valence-electron chi connectivity index (χ4n) is 1.41. The minimum absolute atomic E-state index is 0.255. The summed E-state index contributed by atoms with van der Waals surface area (Å²) in [5, 5.41) is 10.8. The predicted octanol–water partition coefficient (Wildman–Crippen LogP) is -0.726. The van der Waals surface area contributed by atoms with Crippen LogP contribution in [-0.2, 0) is 9.59 Å². The molecule has 1 aliphatic heterocycles. The molecule has 1 aliphatic carbocycles. The molecule has 0 saturated carbocycles. The Kier molecular flexibility index (Phi) is 1.01. The van der Waals surface area contributed by atoms with Gasteiger partial charge in [0.2, 0.25) is 12.0 Å². The highest BCUT2D eigenvalue weighted by Gasteiger charge is 2.46. The SMILES string of the molecule is O=C1C=CC2C1C(=O)C=[N+]2[O-]. The lowest BCUT2D eigenvalue weighted by Crippen LogP contribution is -2.25. The third-order valence-electron chi connectivity index (χ3n) is 1.96. The van der Waals surface area contributed by atoms with Crippen LogP contribution in [-0.4, -0.2) is 28.6 Å². The second kappa shape index (κ2) is 1.78. The van der Waals surface area contributed by atoms with Crippen molar-refractivity contribution in [2.45, 2.75) is 6.04 Å². The van der Waals surface area contributed by atoms with Crippen LogP contribution in [0.2, 0.25) is 0 Å².